The van der Waals surface area contributed by atoms with Gasteiger partial charge in [-0.15, -0.1) is 0 Å². The molecule has 1 aliphatic heterocycles. The number of nitrogens with zero attached hydrogens (tertiary/aromatic N) is 4. The normalized spacial score (nSPS) is 25.6. The molecule has 1 saturated carbocycles. The van der Waals surface area contributed by atoms with E-state index >= 15 is 0 Å². The average Bonchev–Trinajstić information content (AvgIpc) is 3.30. The fourth-order valence-corrected chi connectivity index (χ4v) is 4.95. The number of hydrogen-bond acceptors (Lipinski definition) is 8. The van der Waals surface area contributed by atoms with E-state index in [0.29, 0.717) is 24.6 Å². The van der Waals surface area contributed by atoms with Gasteiger partial charge in [0.2, 0.25) is 0 Å². The summed E-state index contributed by atoms with van der Waals surface area (Å²) in [4.78, 5) is 14.9. The molecule has 5 rings (SSSR count). The maximum atomic E-state index is 10.7. The Bertz CT molecular complexity index is 1190. The summed E-state index contributed by atoms with van der Waals surface area (Å²) in [7, 11) is 0. The summed E-state index contributed by atoms with van der Waals surface area (Å²) in [5.74, 6) is 1.51. The summed E-state index contributed by atoms with van der Waals surface area (Å²) < 4.78 is 0.771. The number of benzene rings is 1. The minimum atomic E-state index is -0.868. The van der Waals surface area contributed by atoms with Crippen molar-refractivity contribution in [3.8, 4) is 0 Å². The van der Waals surface area contributed by atoms with Gasteiger partial charge >= 0.3 is 0 Å². The molecule has 1 aliphatic carbocycles. The van der Waals surface area contributed by atoms with E-state index in [2.05, 4.69) is 35.8 Å². The van der Waals surface area contributed by atoms with Crippen molar-refractivity contribution in [1.29, 1.82) is 0 Å². The number of nitrogens with two attached hydrogens (primary N) is 2. The van der Waals surface area contributed by atoms with E-state index in [-0.39, 0.29) is 12.0 Å². The maximum absolute atomic E-state index is 10.7. The van der Waals surface area contributed by atoms with Gasteiger partial charge in [-0.2, -0.15) is 0 Å². The summed E-state index contributed by atoms with van der Waals surface area (Å²) in [5.41, 5.74) is 14.6. The standard InChI is InChI=1S/C22H23BrN6O2/c23-15-8-12-3-1-11(7-16(12)28-21(15)25)2-4-13-9-17(19(31)18(13)30)29-6-5-14-20(24)26-10-27-22(14)29/h1-4,7-8,10,13,17-19,30-31H,5-6,9H2,(H2,25,28)(H2,24,26,27)/b4-2+. The summed E-state index contributed by atoms with van der Waals surface area (Å²) in [6.45, 7) is 0.705. The Hall–Kier alpha value is -2.75. The Labute approximate surface area is 187 Å². The van der Waals surface area contributed by atoms with E-state index in [4.69, 9.17) is 11.5 Å². The van der Waals surface area contributed by atoms with Crippen LogP contribution in [0.2, 0.25) is 0 Å². The van der Waals surface area contributed by atoms with Crippen LogP contribution in [0.5, 0.6) is 0 Å². The molecule has 3 heterocycles. The minimum absolute atomic E-state index is 0.179. The molecule has 0 amide bonds. The molecule has 0 spiro atoms. The first-order valence-electron chi connectivity index (χ1n) is 10.2. The van der Waals surface area contributed by atoms with Crippen molar-refractivity contribution in [3.63, 3.8) is 0 Å². The average molecular weight is 483 g/mol. The van der Waals surface area contributed by atoms with Crippen molar-refractivity contribution in [2.75, 3.05) is 22.9 Å². The zero-order chi connectivity index (χ0) is 21.7. The van der Waals surface area contributed by atoms with E-state index in [1.165, 1.54) is 6.33 Å². The Morgan fingerprint density at radius 1 is 1.10 bits per heavy atom. The van der Waals surface area contributed by atoms with Gasteiger partial charge in [0.25, 0.3) is 0 Å². The summed E-state index contributed by atoms with van der Waals surface area (Å²) in [6.07, 6.45) is 5.00. The lowest BCUT2D eigenvalue weighted by Gasteiger charge is -2.28. The highest BCUT2D eigenvalue weighted by molar-refractivity contribution is 9.10. The third kappa shape index (κ3) is 3.52. The lowest BCUT2D eigenvalue weighted by Crippen LogP contribution is -2.43. The summed E-state index contributed by atoms with van der Waals surface area (Å²) in [5, 5.41) is 22.4. The van der Waals surface area contributed by atoms with Crippen LogP contribution in [0.1, 0.15) is 17.5 Å². The molecule has 4 atom stereocenters. The van der Waals surface area contributed by atoms with E-state index < -0.39 is 12.2 Å². The first-order valence-corrected chi connectivity index (χ1v) is 11.0. The molecule has 0 bridgehead atoms. The van der Waals surface area contributed by atoms with Crippen LogP contribution in [-0.2, 0) is 6.42 Å². The van der Waals surface area contributed by atoms with Crippen molar-refractivity contribution in [1.82, 2.24) is 15.0 Å². The quantitative estimate of drug-likeness (QED) is 0.445. The lowest BCUT2D eigenvalue weighted by atomic mass is 10.0. The number of rotatable bonds is 3. The number of pyridine rings is 1. The zero-order valence-electron chi connectivity index (χ0n) is 16.7. The molecule has 3 aromatic rings. The Morgan fingerprint density at radius 2 is 1.94 bits per heavy atom. The molecular weight excluding hydrogens is 460 g/mol. The number of aliphatic hydroxyl groups is 2. The van der Waals surface area contributed by atoms with Crippen molar-refractivity contribution in [3.05, 3.63) is 52.3 Å². The van der Waals surface area contributed by atoms with Crippen LogP contribution in [0, 0.1) is 5.92 Å². The van der Waals surface area contributed by atoms with Crippen LogP contribution < -0.4 is 16.4 Å². The highest BCUT2D eigenvalue weighted by Crippen LogP contribution is 2.38. The van der Waals surface area contributed by atoms with Crippen LogP contribution in [0.4, 0.5) is 17.5 Å². The van der Waals surface area contributed by atoms with Gasteiger partial charge in [-0.3, -0.25) is 0 Å². The number of aliphatic hydroxyl groups excluding tert-OH is 2. The molecule has 9 heteroatoms. The molecule has 8 nitrogen and oxygen atoms in total. The highest BCUT2D eigenvalue weighted by atomic mass is 79.9. The summed E-state index contributed by atoms with van der Waals surface area (Å²) >= 11 is 3.40. The smallest absolute Gasteiger partial charge is 0.138 e. The number of hydrogen-bond donors (Lipinski definition) is 4. The van der Waals surface area contributed by atoms with Crippen molar-refractivity contribution in [2.45, 2.75) is 31.1 Å². The van der Waals surface area contributed by atoms with Gasteiger partial charge in [-0.05, 0) is 46.5 Å². The molecule has 4 unspecified atom stereocenters. The van der Waals surface area contributed by atoms with Gasteiger partial charge in [0.05, 0.1) is 22.1 Å². The van der Waals surface area contributed by atoms with E-state index in [1.54, 1.807) is 0 Å². The fraction of sp³-hybridized carbons (Fsp3) is 0.318. The maximum Gasteiger partial charge on any atom is 0.138 e. The number of aromatic nitrogens is 3. The molecule has 31 heavy (non-hydrogen) atoms. The molecule has 0 saturated heterocycles. The van der Waals surface area contributed by atoms with Crippen molar-refractivity contribution < 1.29 is 10.2 Å². The van der Waals surface area contributed by atoms with Crippen LogP contribution in [0.3, 0.4) is 0 Å². The Kier molecular flexibility index (Phi) is 5.04. The van der Waals surface area contributed by atoms with E-state index in [1.807, 2.05) is 36.4 Å². The second kappa shape index (κ2) is 7.74. The third-order valence-corrected chi connectivity index (χ3v) is 6.92. The van der Waals surface area contributed by atoms with Gasteiger partial charge in [0.1, 0.15) is 29.9 Å². The zero-order valence-corrected chi connectivity index (χ0v) is 18.3. The second-order valence-corrected chi connectivity index (χ2v) is 8.97. The first-order chi connectivity index (χ1) is 14.9. The number of anilines is 3. The topological polar surface area (TPSA) is 134 Å². The predicted octanol–water partition coefficient (Wildman–Crippen LogP) is 2.14. The molecule has 2 aromatic heterocycles. The summed E-state index contributed by atoms with van der Waals surface area (Å²) in [6, 6.07) is 7.66. The van der Waals surface area contributed by atoms with E-state index in [9.17, 15) is 10.2 Å². The van der Waals surface area contributed by atoms with Crippen LogP contribution in [0.25, 0.3) is 17.0 Å². The van der Waals surface area contributed by atoms with Crippen LogP contribution in [0.15, 0.2) is 41.1 Å². The van der Waals surface area contributed by atoms with Crippen molar-refractivity contribution in [2.24, 2.45) is 5.92 Å². The van der Waals surface area contributed by atoms with Gasteiger partial charge < -0.3 is 26.6 Å². The molecule has 1 aromatic carbocycles. The first kappa shape index (κ1) is 20.2. The van der Waals surface area contributed by atoms with Gasteiger partial charge in [-0.25, -0.2) is 15.0 Å². The predicted molar refractivity (Wildman–Crippen MR) is 124 cm³/mol. The largest absolute Gasteiger partial charge is 0.390 e. The van der Waals surface area contributed by atoms with Crippen LogP contribution >= 0.6 is 15.9 Å². The minimum Gasteiger partial charge on any atom is -0.390 e. The highest BCUT2D eigenvalue weighted by Gasteiger charge is 2.45. The molecule has 0 radical (unpaired) electrons. The van der Waals surface area contributed by atoms with Gasteiger partial charge in [-0.1, -0.05) is 24.3 Å². The van der Waals surface area contributed by atoms with Crippen molar-refractivity contribution >= 4 is 50.4 Å². The number of halogens is 1. The monoisotopic (exact) mass is 482 g/mol. The molecular formula is C22H23BrN6O2. The molecule has 160 valence electrons. The van der Waals surface area contributed by atoms with E-state index in [0.717, 1.165) is 38.7 Å². The fourth-order valence-electron chi connectivity index (χ4n) is 4.62. The third-order valence-electron chi connectivity index (χ3n) is 6.29. The SMILES string of the molecule is Nc1nc2cc(/C=C/C3CC(N4CCc5c(N)ncnc54)C(O)C3O)ccc2cc1Br. The second-order valence-electron chi connectivity index (χ2n) is 8.12. The number of fused-ring (bicyclic) bond motifs is 2. The van der Waals surface area contributed by atoms with Crippen LogP contribution in [-0.4, -0.2) is 50.0 Å². The molecule has 1 fully saturated rings. The lowest BCUT2D eigenvalue weighted by molar-refractivity contribution is 0.0229. The Balaban J connectivity index is 1.36. The Morgan fingerprint density at radius 3 is 2.77 bits per heavy atom. The molecule has 6 N–H and O–H groups in total. The number of nitrogen functional groups attached to an aromatic ring is 2. The van der Waals surface area contributed by atoms with Gasteiger partial charge in [0.15, 0.2) is 0 Å². The van der Waals surface area contributed by atoms with Gasteiger partial charge in [0, 0.05) is 23.4 Å². The molecule has 2 aliphatic rings.